The zero-order valence-corrected chi connectivity index (χ0v) is 10.9. The number of aryl methyl sites for hydroxylation is 2. The Morgan fingerprint density at radius 3 is 2.50 bits per heavy atom. The maximum absolute atomic E-state index is 3.59. The zero-order valence-electron chi connectivity index (χ0n) is 9.32. The molecule has 0 aliphatic carbocycles. The van der Waals surface area contributed by atoms with E-state index < -0.39 is 0 Å². The Bertz CT molecular complexity index is 297. The number of halogens is 1. The van der Waals surface area contributed by atoms with Gasteiger partial charge in [-0.2, -0.15) is 0 Å². The number of nitrogens with one attached hydrogen (secondary N) is 1. The van der Waals surface area contributed by atoms with Crippen molar-refractivity contribution in [3.8, 4) is 0 Å². The number of anilines is 1. The predicted octanol–water partition coefficient (Wildman–Crippen LogP) is 4.28. The predicted molar refractivity (Wildman–Crippen MR) is 67.0 cm³/mol. The Morgan fingerprint density at radius 2 is 2.00 bits per heavy atom. The van der Waals surface area contributed by atoms with Gasteiger partial charge in [-0.05, 0) is 60.3 Å². The molecular formula is C12H18BrN. The minimum atomic E-state index is 0.521. The number of benzene rings is 1. The third-order valence-corrected chi connectivity index (χ3v) is 3.06. The summed E-state index contributed by atoms with van der Waals surface area (Å²) in [6.07, 6.45) is 1.14. The summed E-state index contributed by atoms with van der Waals surface area (Å²) in [6.45, 7) is 8.65. The highest BCUT2D eigenvalue weighted by Crippen LogP contribution is 2.28. The van der Waals surface area contributed by atoms with E-state index in [1.54, 1.807) is 0 Å². The van der Waals surface area contributed by atoms with Gasteiger partial charge in [-0.25, -0.2) is 0 Å². The van der Waals surface area contributed by atoms with Gasteiger partial charge in [0.15, 0.2) is 0 Å². The molecule has 14 heavy (non-hydrogen) atoms. The van der Waals surface area contributed by atoms with Gasteiger partial charge in [-0.3, -0.25) is 0 Å². The SMILES string of the molecule is CCC(C)Nc1c(C)cc(C)cc1Br. The van der Waals surface area contributed by atoms with Crippen LogP contribution in [0.15, 0.2) is 16.6 Å². The molecule has 0 fully saturated rings. The minimum absolute atomic E-state index is 0.521. The normalized spacial score (nSPS) is 12.6. The van der Waals surface area contributed by atoms with E-state index in [-0.39, 0.29) is 0 Å². The Balaban J connectivity index is 2.96. The van der Waals surface area contributed by atoms with Crippen molar-refractivity contribution >= 4 is 21.6 Å². The molecule has 0 saturated carbocycles. The third-order valence-electron chi connectivity index (χ3n) is 2.43. The average molecular weight is 256 g/mol. The van der Waals surface area contributed by atoms with Crippen LogP contribution in [0.3, 0.4) is 0 Å². The molecule has 0 aliphatic rings. The third kappa shape index (κ3) is 2.74. The molecule has 0 saturated heterocycles. The van der Waals surface area contributed by atoms with Crippen molar-refractivity contribution in [2.45, 2.75) is 40.2 Å². The fraction of sp³-hybridized carbons (Fsp3) is 0.500. The molecule has 1 atom stereocenters. The molecule has 0 heterocycles. The molecule has 0 radical (unpaired) electrons. The molecular weight excluding hydrogens is 238 g/mol. The van der Waals surface area contributed by atoms with E-state index in [9.17, 15) is 0 Å². The number of rotatable bonds is 3. The van der Waals surface area contributed by atoms with Gasteiger partial charge in [-0.15, -0.1) is 0 Å². The summed E-state index contributed by atoms with van der Waals surface area (Å²) in [5, 5.41) is 3.51. The van der Waals surface area contributed by atoms with Crippen LogP contribution >= 0.6 is 15.9 Å². The summed E-state index contributed by atoms with van der Waals surface area (Å²) in [7, 11) is 0. The highest BCUT2D eigenvalue weighted by atomic mass is 79.9. The van der Waals surface area contributed by atoms with E-state index in [1.165, 1.54) is 16.8 Å². The molecule has 0 bridgehead atoms. The van der Waals surface area contributed by atoms with Gasteiger partial charge < -0.3 is 5.32 Å². The molecule has 1 rings (SSSR count). The van der Waals surface area contributed by atoms with Gasteiger partial charge in [0.05, 0.1) is 5.69 Å². The first kappa shape index (κ1) is 11.6. The first-order valence-electron chi connectivity index (χ1n) is 5.08. The average Bonchev–Trinajstić information content (AvgIpc) is 2.10. The second-order valence-corrected chi connectivity index (χ2v) is 4.75. The lowest BCUT2D eigenvalue weighted by molar-refractivity contribution is 0.762. The van der Waals surface area contributed by atoms with Crippen molar-refractivity contribution < 1.29 is 0 Å². The first-order chi connectivity index (χ1) is 6.54. The second-order valence-electron chi connectivity index (χ2n) is 3.89. The lowest BCUT2D eigenvalue weighted by Gasteiger charge is -2.17. The molecule has 2 heteroatoms. The van der Waals surface area contributed by atoms with Gasteiger partial charge in [0.1, 0.15) is 0 Å². The van der Waals surface area contributed by atoms with Gasteiger partial charge in [0.25, 0.3) is 0 Å². The molecule has 1 aromatic rings. The Hall–Kier alpha value is -0.500. The van der Waals surface area contributed by atoms with E-state index in [0.29, 0.717) is 6.04 Å². The standard InChI is InChI=1S/C12H18BrN/c1-5-10(4)14-12-9(3)6-8(2)7-11(12)13/h6-7,10,14H,5H2,1-4H3. The summed E-state index contributed by atoms with van der Waals surface area (Å²) in [6, 6.07) is 4.88. The van der Waals surface area contributed by atoms with Gasteiger partial charge in [-0.1, -0.05) is 13.0 Å². The maximum atomic E-state index is 3.59. The number of hydrogen-bond donors (Lipinski definition) is 1. The van der Waals surface area contributed by atoms with Crippen LogP contribution in [0.25, 0.3) is 0 Å². The van der Waals surface area contributed by atoms with Crippen LogP contribution in [0.5, 0.6) is 0 Å². The van der Waals surface area contributed by atoms with Crippen LogP contribution in [0.1, 0.15) is 31.4 Å². The van der Waals surface area contributed by atoms with Crippen LogP contribution in [0, 0.1) is 13.8 Å². The highest BCUT2D eigenvalue weighted by Gasteiger charge is 2.06. The van der Waals surface area contributed by atoms with Crippen molar-refractivity contribution in [2.75, 3.05) is 5.32 Å². The fourth-order valence-corrected chi connectivity index (χ4v) is 2.24. The summed E-state index contributed by atoms with van der Waals surface area (Å²) < 4.78 is 1.16. The summed E-state index contributed by atoms with van der Waals surface area (Å²) in [5.41, 5.74) is 3.83. The van der Waals surface area contributed by atoms with E-state index >= 15 is 0 Å². The smallest absolute Gasteiger partial charge is 0.0516 e. The lowest BCUT2D eigenvalue weighted by atomic mass is 10.1. The van der Waals surface area contributed by atoms with E-state index in [4.69, 9.17) is 0 Å². The molecule has 1 N–H and O–H groups in total. The Morgan fingerprint density at radius 1 is 1.36 bits per heavy atom. The molecule has 0 aromatic heterocycles. The van der Waals surface area contributed by atoms with Crippen molar-refractivity contribution in [3.05, 3.63) is 27.7 Å². The summed E-state index contributed by atoms with van der Waals surface area (Å²) in [4.78, 5) is 0. The largest absolute Gasteiger partial charge is 0.381 e. The topological polar surface area (TPSA) is 12.0 Å². The van der Waals surface area contributed by atoms with Crippen LogP contribution in [-0.4, -0.2) is 6.04 Å². The van der Waals surface area contributed by atoms with Crippen LogP contribution in [0.4, 0.5) is 5.69 Å². The molecule has 0 amide bonds. The second kappa shape index (κ2) is 4.83. The van der Waals surface area contributed by atoms with Gasteiger partial charge >= 0.3 is 0 Å². The molecule has 1 nitrogen and oxygen atoms in total. The Kier molecular flexibility index (Phi) is 3.99. The number of hydrogen-bond acceptors (Lipinski definition) is 1. The first-order valence-corrected chi connectivity index (χ1v) is 5.87. The quantitative estimate of drug-likeness (QED) is 0.851. The van der Waals surface area contributed by atoms with Gasteiger partial charge in [0.2, 0.25) is 0 Å². The monoisotopic (exact) mass is 255 g/mol. The van der Waals surface area contributed by atoms with E-state index in [1.807, 2.05) is 0 Å². The van der Waals surface area contributed by atoms with Crippen LogP contribution in [0.2, 0.25) is 0 Å². The van der Waals surface area contributed by atoms with E-state index in [2.05, 4.69) is 61.1 Å². The molecule has 0 aliphatic heterocycles. The van der Waals surface area contributed by atoms with Crippen molar-refractivity contribution in [1.29, 1.82) is 0 Å². The molecule has 1 unspecified atom stereocenters. The summed E-state index contributed by atoms with van der Waals surface area (Å²) >= 11 is 3.59. The van der Waals surface area contributed by atoms with E-state index in [0.717, 1.165) is 10.9 Å². The molecule has 1 aromatic carbocycles. The zero-order chi connectivity index (χ0) is 10.7. The maximum Gasteiger partial charge on any atom is 0.0516 e. The molecule has 0 spiro atoms. The fourth-order valence-electron chi connectivity index (χ4n) is 1.45. The minimum Gasteiger partial charge on any atom is -0.381 e. The van der Waals surface area contributed by atoms with Gasteiger partial charge in [0, 0.05) is 10.5 Å². The van der Waals surface area contributed by atoms with Crippen molar-refractivity contribution in [1.82, 2.24) is 0 Å². The summed E-state index contributed by atoms with van der Waals surface area (Å²) in [5.74, 6) is 0. The highest BCUT2D eigenvalue weighted by molar-refractivity contribution is 9.10. The van der Waals surface area contributed by atoms with Crippen LogP contribution in [-0.2, 0) is 0 Å². The van der Waals surface area contributed by atoms with Crippen molar-refractivity contribution in [2.24, 2.45) is 0 Å². The molecule has 78 valence electrons. The van der Waals surface area contributed by atoms with Crippen molar-refractivity contribution in [3.63, 3.8) is 0 Å². The lowest BCUT2D eigenvalue weighted by Crippen LogP contribution is -2.14. The van der Waals surface area contributed by atoms with Crippen LogP contribution < -0.4 is 5.32 Å². The Labute approximate surface area is 95.0 Å².